The van der Waals surface area contributed by atoms with Crippen molar-refractivity contribution in [3.63, 3.8) is 0 Å². The largest absolute Gasteiger partial charge is 0.368 e. The second-order valence-corrected chi connectivity index (χ2v) is 9.08. The van der Waals surface area contributed by atoms with Crippen LogP contribution in [0.2, 0.25) is 0 Å². The lowest BCUT2D eigenvalue weighted by Crippen LogP contribution is -2.55. The zero-order chi connectivity index (χ0) is 21.8. The molecule has 0 unspecified atom stereocenters. The van der Waals surface area contributed by atoms with Crippen molar-refractivity contribution >= 4 is 16.6 Å². The summed E-state index contributed by atoms with van der Waals surface area (Å²) in [4.78, 5) is 9.45. The Balaban J connectivity index is 1.28. The number of aromatic nitrogens is 3. The summed E-state index contributed by atoms with van der Waals surface area (Å²) in [6.07, 6.45) is 4.64. The minimum Gasteiger partial charge on any atom is -0.368 e. The van der Waals surface area contributed by atoms with Crippen LogP contribution in [-0.2, 0) is 13.0 Å². The second-order valence-electron chi connectivity index (χ2n) is 9.08. The predicted octanol–water partition coefficient (Wildman–Crippen LogP) is 2.47. The predicted molar refractivity (Wildman–Crippen MR) is 120 cm³/mol. The highest BCUT2D eigenvalue weighted by Crippen LogP contribution is 2.36. The van der Waals surface area contributed by atoms with Gasteiger partial charge in [0.2, 0.25) is 0 Å². The monoisotopic (exact) mass is 414 g/mol. The SMILES string of the molecule is [2H]c1ccc2c(N3C[C@@H]4C[C@H](n5cc6c(n5)CNCC6)CN4[C@H](C)C3)ccc(C#N)c2n1. The maximum atomic E-state index is 9.51. The van der Waals surface area contributed by atoms with Crippen molar-refractivity contribution in [1.29, 1.82) is 5.26 Å². The smallest absolute Gasteiger partial charge is 0.101 e. The minimum atomic E-state index is 0.195. The Morgan fingerprint density at radius 2 is 2.16 bits per heavy atom. The number of nitriles is 1. The summed E-state index contributed by atoms with van der Waals surface area (Å²) >= 11 is 0. The van der Waals surface area contributed by atoms with E-state index in [4.69, 9.17) is 6.47 Å². The summed E-state index contributed by atoms with van der Waals surface area (Å²) in [7, 11) is 0. The van der Waals surface area contributed by atoms with E-state index in [9.17, 15) is 5.26 Å². The molecule has 7 nitrogen and oxygen atoms in total. The Hall–Kier alpha value is -2.95. The average Bonchev–Trinajstić information content (AvgIpc) is 3.42. The number of benzene rings is 1. The fraction of sp³-hybridized carbons (Fsp3) is 0.458. The summed E-state index contributed by atoms with van der Waals surface area (Å²) in [5, 5.41) is 18.8. The number of anilines is 1. The molecule has 0 spiro atoms. The topological polar surface area (TPSA) is 73.0 Å². The van der Waals surface area contributed by atoms with Gasteiger partial charge in [0.1, 0.15) is 6.07 Å². The average molecular weight is 415 g/mol. The molecule has 3 atom stereocenters. The third-order valence-electron chi connectivity index (χ3n) is 7.21. The first-order chi connectivity index (χ1) is 15.6. The van der Waals surface area contributed by atoms with Crippen molar-refractivity contribution in [2.24, 2.45) is 0 Å². The van der Waals surface area contributed by atoms with Crippen LogP contribution in [0.15, 0.2) is 36.6 Å². The lowest BCUT2D eigenvalue weighted by atomic mass is 10.0. The third-order valence-corrected chi connectivity index (χ3v) is 7.21. The van der Waals surface area contributed by atoms with E-state index in [0.29, 0.717) is 29.2 Å². The maximum absolute atomic E-state index is 9.51. The first-order valence-corrected chi connectivity index (χ1v) is 11.2. The molecule has 31 heavy (non-hydrogen) atoms. The van der Waals surface area contributed by atoms with Gasteiger partial charge in [-0.3, -0.25) is 14.6 Å². The van der Waals surface area contributed by atoms with Gasteiger partial charge < -0.3 is 10.2 Å². The molecule has 3 aliphatic rings. The number of hydrogen-bond donors (Lipinski definition) is 1. The van der Waals surface area contributed by atoms with E-state index in [1.54, 1.807) is 6.07 Å². The highest BCUT2D eigenvalue weighted by molar-refractivity contribution is 5.95. The molecule has 0 radical (unpaired) electrons. The van der Waals surface area contributed by atoms with E-state index < -0.39 is 0 Å². The van der Waals surface area contributed by atoms with Crippen molar-refractivity contribution in [3.05, 3.63) is 53.5 Å². The van der Waals surface area contributed by atoms with Crippen LogP contribution in [0, 0.1) is 11.3 Å². The van der Waals surface area contributed by atoms with Gasteiger partial charge in [0.15, 0.2) is 0 Å². The molecule has 7 heteroatoms. The third kappa shape index (κ3) is 3.10. The fourth-order valence-electron chi connectivity index (χ4n) is 5.69. The number of fused-ring (bicyclic) bond motifs is 3. The minimum absolute atomic E-state index is 0.195. The molecule has 3 aliphatic heterocycles. The van der Waals surface area contributed by atoms with Crippen molar-refractivity contribution in [2.75, 3.05) is 31.1 Å². The van der Waals surface area contributed by atoms with E-state index in [2.05, 4.69) is 50.0 Å². The van der Waals surface area contributed by atoms with E-state index >= 15 is 0 Å². The lowest BCUT2D eigenvalue weighted by Gasteiger charge is -2.43. The Bertz CT molecular complexity index is 1210. The van der Waals surface area contributed by atoms with Gasteiger partial charge in [-0.15, -0.1) is 0 Å². The van der Waals surface area contributed by atoms with Gasteiger partial charge in [-0.25, -0.2) is 0 Å². The van der Waals surface area contributed by atoms with E-state index in [1.165, 1.54) is 11.3 Å². The summed E-state index contributed by atoms with van der Waals surface area (Å²) in [5.74, 6) is 0. The first-order valence-electron chi connectivity index (χ1n) is 11.7. The van der Waals surface area contributed by atoms with E-state index in [1.807, 2.05) is 12.1 Å². The van der Waals surface area contributed by atoms with Crippen LogP contribution in [0.3, 0.4) is 0 Å². The van der Waals surface area contributed by atoms with Crippen molar-refractivity contribution in [1.82, 2.24) is 25.0 Å². The molecule has 1 aromatic carbocycles. The molecule has 5 heterocycles. The number of piperazine rings is 1. The number of hydrogen-bond acceptors (Lipinski definition) is 6. The Kier molecular flexibility index (Phi) is 4.18. The zero-order valence-corrected chi connectivity index (χ0v) is 17.8. The molecule has 2 aromatic heterocycles. The highest BCUT2D eigenvalue weighted by atomic mass is 15.4. The number of nitrogens with zero attached hydrogens (tertiary/aromatic N) is 6. The van der Waals surface area contributed by atoms with Gasteiger partial charge in [0, 0.05) is 61.7 Å². The summed E-state index contributed by atoms with van der Waals surface area (Å²) < 4.78 is 10.1. The molecule has 0 saturated carbocycles. The van der Waals surface area contributed by atoms with Crippen LogP contribution >= 0.6 is 0 Å². The number of pyridine rings is 1. The van der Waals surface area contributed by atoms with Gasteiger partial charge in [0.25, 0.3) is 0 Å². The van der Waals surface area contributed by atoms with Crippen molar-refractivity contribution < 1.29 is 1.37 Å². The first kappa shape index (κ1) is 17.7. The Labute approximate surface area is 183 Å². The van der Waals surface area contributed by atoms with Crippen LogP contribution in [0.1, 0.15) is 37.6 Å². The summed E-state index contributed by atoms with van der Waals surface area (Å²) in [5.41, 5.74) is 4.88. The normalized spacial score (nSPS) is 26.4. The van der Waals surface area contributed by atoms with Crippen LogP contribution in [-0.4, -0.2) is 57.9 Å². The Morgan fingerprint density at radius 1 is 1.23 bits per heavy atom. The van der Waals surface area contributed by atoms with Gasteiger partial charge >= 0.3 is 0 Å². The molecular weight excluding hydrogens is 386 g/mol. The van der Waals surface area contributed by atoms with Crippen LogP contribution in [0.25, 0.3) is 10.9 Å². The van der Waals surface area contributed by atoms with Crippen LogP contribution < -0.4 is 10.2 Å². The highest BCUT2D eigenvalue weighted by Gasteiger charge is 2.41. The molecule has 0 aliphatic carbocycles. The molecule has 158 valence electrons. The standard InChI is InChI=1S/C24H27N7/c1-16-12-29(23-5-4-17(10-25)24-21(23)3-2-7-27-24)14-19-9-20(15-30(16)19)31-13-18-6-8-26-11-22(18)28-31/h2-5,7,13,16,19-20,26H,6,8-9,11-12,14-15H2,1H3/t16-,19+,20+/m1/s1/i7D. The second kappa shape index (κ2) is 7.33. The lowest BCUT2D eigenvalue weighted by molar-refractivity contribution is 0.164. The molecule has 2 saturated heterocycles. The summed E-state index contributed by atoms with van der Waals surface area (Å²) in [6, 6.07) is 11.1. The molecule has 2 fully saturated rings. The molecule has 3 aromatic rings. The quantitative estimate of drug-likeness (QED) is 0.695. The van der Waals surface area contributed by atoms with Crippen LogP contribution in [0.4, 0.5) is 5.69 Å². The molecule has 1 N–H and O–H groups in total. The molecule has 0 amide bonds. The van der Waals surface area contributed by atoms with E-state index in [0.717, 1.165) is 56.6 Å². The van der Waals surface area contributed by atoms with Gasteiger partial charge in [-0.1, -0.05) is 0 Å². The number of rotatable bonds is 2. The van der Waals surface area contributed by atoms with Gasteiger partial charge in [-0.2, -0.15) is 10.4 Å². The van der Waals surface area contributed by atoms with E-state index in [-0.39, 0.29) is 6.17 Å². The molecule has 0 bridgehead atoms. The van der Waals surface area contributed by atoms with Gasteiger partial charge in [0.05, 0.1) is 24.2 Å². The Morgan fingerprint density at radius 3 is 3.03 bits per heavy atom. The number of nitrogens with one attached hydrogen (secondary N) is 1. The maximum Gasteiger partial charge on any atom is 0.101 e. The van der Waals surface area contributed by atoms with Crippen LogP contribution in [0.5, 0.6) is 0 Å². The molecular formula is C24H27N7. The summed E-state index contributed by atoms with van der Waals surface area (Å²) in [6.45, 7) is 7.17. The van der Waals surface area contributed by atoms with Crippen molar-refractivity contribution in [2.45, 2.75) is 44.4 Å². The fourth-order valence-corrected chi connectivity index (χ4v) is 5.69. The zero-order valence-electron chi connectivity index (χ0n) is 18.8. The molecule has 6 rings (SSSR count). The van der Waals surface area contributed by atoms with Gasteiger partial charge in [-0.05, 0) is 56.1 Å². The van der Waals surface area contributed by atoms with Crippen molar-refractivity contribution in [3.8, 4) is 6.07 Å².